The molecule has 0 aromatic heterocycles. The minimum Gasteiger partial charge on any atom is -0.398 e. The summed E-state index contributed by atoms with van der Waals surface area (Å²) >= 11 is 0. The van der Waals surface area contributed by atoms with Gasteiger partial charge in [-0.15, -0.1) is 0 Å². The largest absolute Gasteiger partial charge is 0.398 e. The summed E-state index contributed by atoms with van der Waals surface area (Å²) < 4.78 is 0. The van der Waals surface area contributed by atoms with Crippen molar-refractivity contribution in [3.63, 3.8) is 0 Å². The molecule has 0 spiro atoms. The lowest BCUT2D eigenvalue weighted by atomic mass is 9.97. The van der Waals surface area contributed by atoms with Crippen LogP contribution in [0.3, 0.4) is 0 Å². The van der Waals surface area contributed by atoms with Gasteiger partial charge in [-0.05, 0) is 23.1 Å². The normalized spacial score (nSPS) is 16.2. The number of allylic oxidation sites excluding steroid dienone is 3. The number of anilines is 1. The molecular formula is C16H11N. The Morgan fingerprint density at radius 2 is 1.82 bits per heavy atom. The Hall–Kier alpha value is -2.46. The molecule has 2 aromatic carbocycles. The highest BCUT2D eigenvalue weighted by molar-refractivity contribution is 5.99. The van der Waals surface area contributed by atoms with Crippen molar-refractivity contribution in [2.24, 2.45) is 0 Å². The van der Waals surface area contributed by atoms with Crippen LogP contribution in [0.15, 0.2) is 48.6 Å². The van der Waals surface area contributed by atoms with Gasteiger partial charge < -0.3 is 5.73 Å². The lowest BCUT2D eigenvalue weighted by Gasteiger charge is -2.08. The van der Waals surface area contributed by atoms with E-state index >= 15 is 0 Å². The van der Waals surface area contributed by atoms with Gasteiger partial charge in [-0.1, -0.05) is 54.3 Å². The summed E-state index contributed by atoms with van der Waals surface area (Å²) in [5, 5.41) is 2.19. The van der Waals surface area contributed by atoms with Gasteiger partial charge in [0.2, 0.25) is 0 Å². The van der Waals surface area contributed by atoms with Crippen molar-refractivity contribution in [3.8, 4) is 11.8 Å². The molecule has 3 rings (SSSR count). The van der Waals surface area contributed by atoms with E-state index in [-0.39, 0.29) is 0 Å². The van der Waals surface area contributed by atoms with Crippen LogP contribution >= 0.6 is 0 Å². The highest BCUT2D eigenvalue weighted by Crippen LogP contribution is 2.28. The molecule has 0 amide bonds. The smallest absolute Gasteiger partial charge is 0.0401 e. The Morgan fingerprint density at radius 1 is 1.00 bits per heavy atom. The van der Waals surface area contributed by atoms with E-state index in [9.17, 15) is 0 Å². The Balaban J connectivity index is 2.46. The van der Waals surface area contributed by atoms with E-state index in [0.717, 1.165) is 27.6 Å². The first-order chi connectivity index (χ1) is 8.36. The van der Waals surface area contributed by atoms with Gasteiger partial charge in [-0.3, -0.25) is 0 Å². The second-order valence-corrected chi connectivity index (χ2v) is 3.96. The Morgan fingerprint density at radius 3 is 2.71 bits per heavy atom. The number of nitrogen functional groups attached to an aromatic ring is 1. The minimum atomic E-state index is 0.801. The topological polar surface area (TPSA) is 26.0 Å². The molecule has 0 saturated heterocycles. The van der Waals surface area contributed by atoms with Crippen LogP contribution in [0.5, 0.6) is 0 Å². The molecule has 2 aromatic rings. The maximum atomic E-state index is 6.07. The summed E-state index contributed by atoms with van der Waals surface area (Å²) in [7, 11) is 0. The van der Waals surface area contributed by atoms with E-state index in [1.54, 1.807) is 0 Å². The molecule has 17 heavy (non-hydrogen) atoms. The molecule has 0 unspecified atom stereocenters. The van der Waals surface area contributed by atoms with Crippen molar-refractivity contribution in [1.82, 2.24) is 0 Å². The molecule has 80 valence electrons. The summed E-state index contributed by atoms with van der Waals surface area (Å²) in [6, 6.07) is 10.1. The third-order valence-corrected chi connectivity index (χ3v) is 2.87. The summed E-state index contributed by atoms with van der Waals surface area (Å²) in [4.78, 5) is 0. The Kier molecular flexibility index (Phi) is 2.20. The van der Waals surface area contributed by atoms with E-state index in [0.29, 0.717) is 0 Å². The Labute approximate surface area is 100 Å². The number of nitrogens with two attached hydrogens (primary N) is 1. The number of fused-ring (bicyclic) bond motifs is 3. The van der Waals surface area contributed by atoms with E-state index < -0.39 is 0 Å². The van der Waals surface area contributed by atoms with Gasteiger partial charge in [0.25, 0.3) is 0 Å². The first kappa shape index (κ1) is 9.74. The first-order valence-corrected chi connectivity index (χ1v) is 5.52. The van der Waals surface area contributed by atoms with Crippen LogP contribution < -0.4 is 5.73 Å². The van der Waals surface area contributed by atoms with Crippen LogP contribution in [-0.2, 0) is 0 Å². The predicted octanol–water partition coefficient (Wildman–Crippen LogP) is 3.36. The zero-order valence-corrected chi connectivity index (χ0v) is 9.27. The molecule has 0 radical (unpaired) electrons. The fraction of sp³-hybridized carbons (Fsp3) is 0. The van der Waals surface area contributed by atoms with Gasteiger partial charge in [-0.2, -0.15) is 0 Å². The van der Waals surface area contributed by atoms with Gasteiger partial charge in [-0.25, -0.2) is 0 Å². The lowest BCUT2D eigenvalue weighted by molar-refractivity contribution is 1.64. The molecule has 0 saturated carbocycles. The van der Waals surface area contributed by atoms with Gasteiger partial charge in [0.15, 0.2) is 0 Å². The maximum absolute atomic E-state index is 6.07. The first-order valence-electron chi connectivity index (χ1n) is 5.52. The van der Waals surface area contributed by atoms with Crippen LogP contribution in [0.25, 0.3) is 16.8 Å². The number of benzene rings is 2. The fourth-order valence-electron chi connectivity index (χ4n) is 2.07. The minimum absolute atomic E-state index is 0.801. The van der Waals surface area contributed by atoms with Gasteiger partial charge in [0.05, 0.1) is 0 Å². The number of rotatable bonds is 0. The van der Waals surface area contributed by atoms with E-state index in [1.165, 1.54) is 0 Å². The summed E-state index contributed by atoms with van der Waals surface area (Å²) in [5.74, 6) is 6.22. The van der Waals surface area contributed by atoms with E-state index in [2.05, 4.69) is 17.9 Å². The average molecular weight is 217 g/mol. The van der Waals surface area contributed by atoms with Crippen LogP contribution in [0, 0.1) is 11.8 Å². The third-order valence-electron chi connectivity index (χ3n) is 2.87. The molecule has 0 aliphatic heterocycles. The van der Waals surface area contributed by atoms with Crippen LogP contribution in [0.4, 0.5) is 5.69 Å². The maximum Gasteiger partial charge on any atom is 0.0401 e. The molecular weight excluding hydrogens is 206 g/mol. The predicted molar refractivity (Wildman–Crippen MR) is 73.4 cm³/mol. The molecule has 0 bridgehead atoms. The van der Waals surface area contributed by atoms with Crippen molar-refractivity contribution < 1.29 is 0 Å². The van der Waals surface area contributed by atoms with Crippen molar-refractivity contribution in [3.05, 3.63) is 59.7 Å². The van der Waals surface area contributed by atoms with Crippen molar-refractivity contribution in [2.45, 2.75) is 0 Å². The summed E-state index contributed by atoms with van der Waals surface area (Å²) in [6.45, 7) is 0. The van der Waals surface area contributed by atoms with Crippen molar-refractivity contribution in [1.29, 1.82) is 0 Å². The highest BCUT2D eigenvalue weighted by Gasteiger charge is 2.07. The molecule has 0 heterocycles. The van der Waals surface area contributed by atoms with Crippen LogP contribution in [0.2, 0.25) is 0 Å². The zero-order valence-electron chi connectivity index (χ0n) is 9.27. The SMILES string of the molecule is Nc1cc2c(c3ccccc13)C#C/C=C\C=C/2. The molecule has 0 fully saturated rings. The van der Waals surface area contributed by atoms with Crippen molar-refractivity contribution >= 4 is 22.5 Å². The van der Waals surface area contributed by atoms with E-state index in [4.69, 9.17) is 5.73 Å². The van der Waals surface area contributed by atoms with Crippen LogP contribution in [0.1, 0.15) is 11.1 Å². The van der Waals surface area contributed by atoms with Gasteiger partial charge >= 0.3 is 0 Å². The fourth-order valence-corrected chi connectivity index (χ4v) is 2.07. The molecule has 1 heteroatoms. The lowest BCUT2D eigenvalue weighted by Crippen LogP contribution is -1.93. The van der Waals surface area contributed by atoms with Crippen LogP contribution in [-0.4, -0.2) is 0 Å². The highest BCUT2D eigenvalue weighted by atomic mass is 14.6. The third kappa shape index (κ3) is 1.60. The van der Waals surface area contributed by atoms with Crippen molar-refractivity contribution in [2.75, 3.05) is 5.73 Å². The average Bonchev–Trinajstić information content (AvgIpc) is 2.32. The molecule has 2 N–H and O–H groups in total. The standard InChI is InChI=1S/C16H11N/c17-16-11-12-7-3-1-2-4-8-13(12)14-9-5-6-10-15(14)16/h1-3,5-7,9-11H,17H2/b2-1-,3-1?,7-3-,12-7?. The summed E-state index contributed by atoms with van der Waals surface area (Å²) in [5.41, 5.74) is 9.00. The monoisotopic (exact) mass is 217 g/mol. The molecule has 1 nitrogen and oxygen atoms in total. The van der Waals surface area contributed by atoms with E-state index in [1.807, 2.05) is 48.6 Å². The van der Waals surface area contributed by atoms with Gasteiger partial charge in [0, 0.05) is 16.6 Å². The van der Waals surface area contributed by atoms with Gasteiger partial charge in [0.1, 0.15) is 0 Å². The summed E-state index contributed by atoms with van der Waals surface area (Å²) in [6.07, 6.45) is 7.81. The molecule has 1 aliphatic rings. The Bertz CT molecular complexity index is 709. The molecule has 1 aliphatic carbocycles. The number of hydrogen-bond acceptors (Lipinski definition) is 1. The number of hydrogen-bond donors (Lipinski definition) is 1. The zero-order chi connectivity index (χ0) is 11.7. The molecule has 0 atom stereocenters. The second-order valence-electron chi connectivity index (χ2n) is 3.96. The quantitative estimate of drug-likeness (QED) is 0.531. The second kappa shape index (κ2) is 3.84.